The first-order chi connectivity index (χ1) is 9.45. The van der Waals surface area contributed by atoms with E-state index in [4.69, 9.17) is 0 Å². The summed E-state index contributed by atoms with van der Waals surface area (Å²) >= 11 is 0. The van der Waals surface area contributed by atoms with Gasteiger partial charge in [-0.05, 0) is 13.0 Å². The molecule has 1 atom stereocenters. The van der Waals surface area contributed by atoms with E-state index >= 15 is 0 Å². The summed E-state index contributed by atoms with van der Waals surface area (Å²) in [5.74, 6) is -4.07. The van der Waals surface area contributed by atoms with Gasteiger partial charge in [0, 0.05) is 17.7 Å². The van der Waals surface area contributed by atoms with Gasteiger partial charge >= 0.3 is 5.97 Å². The number of anilines is 1. The minimum Gasteiger partial charge on any atom is -0.465 e. The fourth-order valence-electron chi connectivity index (χ4n) is 1.88. The van der Waals surface area contributed by atoms with Crippen LogP contribution in [0.2, 0.25) is 0 Å². The molecular weight excluding hydrogens is 268 g/mol. The number of ketones is 1. The van der Waals surface area contributed by atoms with Crippen LogP contribution in [0.1, 0.15) is 17.3 Å². The summed E-state index contributed by atoms with van der Waals surface area (Å²) in [5, 5.41) is 13.0. The number of carbonyl (C=O) groups excluding carboxylic acids is 3. The van der Waals surface area contributed by atoms with Gasteiger partial charge in [0.05, 0.1) is 17.2 Å². The number of Topliss-reactive ketones (excluding diaryl/α,β-unsaturated/α-hetero) is 1. The summed E-state index contributed by atoms with van der Waals surface area (Å²) in [6.07, 6.45) is 0. The van der Waals surface area contributed by atoms with Crippen LogP contribution in [-0.4, -0.2) is 29.2 Å². The van der Waals surface area contributed by atoms with Crippen molar-refractivity contribution in [3.8, 4) is 0 Å². The van der Waals surface area contributed by atoms with Crippen molar-refractivity contribution < 1.29 is 24.0 Å². The monoisotopic (exact) mass is 278 g/mol. The Balaban J connectivity index is 2.41. The molecule has 20 heavy (non-hydrogen) atoms. The van der Waals surface area contributed by atoms with Crippen LogP contribution in [0.15, 0.2) is 18.2 Å². The molecule has 8 heteroatoms. The maximum atomic E-state index is 12.1. The number of hydrogen-bond acceptors (Lipinski definition) is 6. The van der Waals surface area contributed by atoms with Gasteiger partial charge in [0.15, 0.2) is 11.7 Å². The van der Waals surface area contributed by atoms with Crippen LogP contribution in [-0.2, 0) is 14.3 Å². The molecule has 104 valence electrons. The Morgan fingerprint density at radius 3 is 2.75 bits per heavy atom. The SMILES string of the molecule is CCOC(=O)C1C(=O)Nc2cc([N+](=O)[O-])ccc2C1=O. The van der Waals surface area contributed by atoms with Gasteiger partial charge in [-0.15, -0.1) is 0 Å². The van der Waals surface area contributed by atoms with E-state index in [-0.39, 0.29) is 23.5 Å². The van der Waals surface area contributed by atoms with Crippen LogP contribution in [0.3, 0.4) is 0 Å². The number of amides is 1. The smallest absolute Gasteiger partial charge is 0.326 e. The van der Waals surface area contributed by atoms with Crippen LogP contribution < -0.4 is 5.32 Å². The summed E-state index contributed by atoms with van der Waals surface area (Å²) in [4.78, 5) is 45.4. The Morgan fingerprint density at radius 2 is 2.15 bits per heavy atom. The quantitative estimate of drug-likeness (QED) is 0.380. The Labute approximate surface area is 112 Å². The Kier molecular flexibility index (Phi) is 3.47. The molecule has 0 saturated carbocycles. The molecule has 1 heterocycles. The molecule has 0 aliphatic carbocycles. The van der Waals surface area contributed by atoms with E-state index < -0.39 is 28.5 Å². The lowest BCUT2D eigenvalue weighted by molar-refractivity contribution is -0.384. The van der Waals surface area contributed by atoms with Crippen LogP contribution in [0, 0.1) is 16.0 Å². The largest absolute Gasteiger partial charge is 0.465 e. The molecule has 1 aromatic carbocycles. The number of benzene rings is 1. The second-order valence-electron chi connectivity index (χ2n) is 4.03. The molecule has 0 fully saturated rings. The van der Waals surface area contributed by atoms with Crippen LogP contribution in [0.4, 0.5) is 11.4 Å². The van der Waals surface area contributed by atoms with Crippen LogP contribution in [0.5, 0.6) is 0 Å². The number of rotatable bonds is 3. The second kappa shape index (κ2) is 5.08. The van der Waals surface area contributed by atoms with Crippen molar-refractivity contribution in [2.45, 2.75) is 6.92 Å². The van der Waals surface area contributed by atoms with Gasteiger partial charge in [-0.2, -0.15) is 0 Å². The average Bonchev–Trinajstić information content (AvgIpc) is 2.38. The number of nitrogens with zero attached hydrogens (tertiary/aromatic N) is 1. The standard InChI is InChI=1S/C12H10N2O6/c1-2-20-12(17)9-10(15)7-4-3-6(14(18)19)5-8(7)13-11(9)16/h3-5,9H,2H2,1H3,(H,13,16). The van der Waals surface area contributed by atoms with E-state index in [1.807, 2.05) is 0 Å². The highest BCUT2D eigenvalue weighted by molar-refractivity contribution is 6.29. The van der Waals surface area contributed by atoms with E-state index in [1.54, 1.807) is 6.92 Å². The summed E-state index contributed by atoms with van der Waals surface area (Å²) in [7, 11) is 0. The van der Waals surface area contributed by atoms with Crippen molar-refractivity contribution in [3.05, 3.63) is 33.9 Å². The minimum atomic E-state index is -1.57. The molecule has 0 radical (unpaired) electrons. The van der Waals surface area contributed by atoms with Crippen molar-refractivity contribution in [3.63, 3.8) is 0 Å². The highest BCUT2D eigenvalue weighted by atomic mass is 16.6. The maximum absolute atomic E-state index is 12.1. The summed E-state index contributed by atoms with van der Waals surface area (Å²) in [6, 6.07) is 3.42. The number of nitro benzene ring substituents is 1. The van der Waals surface area contributed by atoms with Gasteiger partial charge < -0.3 is 10.1 Å². The average molecular weight is 278 g/mol. The number of carbonyl (C=O) groups is 3. The molecule has 1 aliphatic rings. The highest BCUT2D eigenvalue weighted by Gasteiger charge is 2.41. The first-order valence-corrected chi connectivity index (χ1v) is 5.76. The third kappa shape index (κ3) is 2.22. The van der Waals surface area contributed by atoms with Gasteiger partial charge in [0.25, 0.3) is 5.69 Å². The van der Waals surface area contributed by atoms with Crippen molar-refractivity contribution in [1.29, 1.82) is 0 Å². The van der Waals surface area contributed by atoms with E-state index in [9.17, 15) is 24.5 Å². The third-order valence-electron chi connectivity index (χ3n) is 2.78. The van der Waals surface area contributed by atoms with E-state index in [2.05, 4.69) is 10.1 Å². The Morgan fingerprint density at radius 1 is 1.45 bits per heavy atom. The lowest BCUT2D eigenvalue weighted by atomic mass is 9.91. The highest BCUT2D eigenvalue weighted by Crippen LogP contribution is 2.29. The molecule has 0 aromatic heterocycles. The molecule has 8 nitrogen and oxygen atoms in total. The number of non-ortho nitro benzene ring substituents is 1. The number of ether oxygens (including phenoxy) is 1. The fraction of sp³-hybridized carbons (Fsp3) is 0.250. The van der Waals surface area contributed by atoms with Gasteiger partial charge in [-0.3, -0.25) is 24.5 Å². The predicted octanol–water partition coefficient (Wildman–Crippen LogP) is 0.909. The van der Waals surface area contributed by atoms with Crippen molar-refractivity contribution >= 4 is 29.0 Å². The van der Waals surface area contributed by atoms with Gasteiger partial charge in [0.2, 0.25) is 5.91 Å². The van der Waals surface area contributed by atoms with Gasteiger partial charge in [-0.1, -0.05) is 0 Å². The molecule has 1 unspecified atom stereocenters. The zero-order chi connectivity index (χ0) is 14.9. The van der Waals surface area contributed by atoms with E-state index in [0.717, 1.165) is 12.1 Å². The maximum Gasteiger partial charge on any atom is 0.326 e. The molecule has 1 N–H and O–H groups in total. The third-order valence-corrected chi connectivity index (χ3v) is 2.78. The predicted molar refractivity (Wildman–Crippen MR) is 66.2 cm³/mol. The first kappa shape index (κ1) is 13.7. The van der Waals surface area contributed by atoms with Crippen LogP contribution in [0.25, 0.3) is 0 Å². The molecule has 0 bridgehead atoms. The summed E-state index contributed by atoms with van der Waals surface area (Å²) < 4.78 is 4.67. The topological polar surface area (TPSA) is 116 Å². The number of fused-ring (bicyclic) bond motifs is 1. The molecule has 2 rings (SSSR count). The molecule has 0 spiro atoms. The number of nitro groups is 1. The van der Waals surface area contributed by atoms with Crippen LogP contribution >= 0.6 is 0 Å². The lowest BCUT2D eigenvalue weighted by Crippen LogP contribution is -2.41. The first-order valence-electron chi connectivity index (χ1n) is 5.76. The normalized spacial score (nSPS) is 17.1. The van der Waals surface area contributed by atoms with Crippen molar-refractivity contribution in [1.82, 2.24) is 0 Å². The van der Waals surface area contributed by atoms with Crippen molar-refractivity contribution in [2.75, 3.05) is 11.9 Å². The Bertz CT molecular complexity index is 624. The van der Waals surface area contributed by atoms with Crippen molar-refractivity contribution in [2.24, 2.45) is 5.92 Å². The minimum absolute atomic E-state index is 0.0229. The lowest BCUT2D eigenvalue weighted by Gasteiger charge is -2.21. The number of esters is 1. The molecule has 1 aromatic rings. The molecule has 0 saturated heterocycles. The summed E-state index contributed by atoms with van der Waals surface area (Å²) in [6.45, 7) is 1.60. The Hall–Kier alpha value is -2.77. The zero-order valence-corrected chi connectivity index (χ0v) is 10.4. The second-order valence-corrected chi connectivity index (χ2v) is 4.03. The molecule has 1 amide bonds. The number of hydrogen-bond donors (Lipinski definition) is 1. The number of nitrogens with one attached hydrogen (secondary N) is 1. The fourth-order valence-corrected chi connectivity index (χ4v) is 1.88. The molecule has 1 aliphatic heterocycles. The van der Waals surface area contributed by atoms with Gasteiger partial charge in [0.1, 0.15) is 0 Å². The van der Waals surface area contributed by atoms with E-state index in [0.29, 0.717) is 0 Å². The van der Waals surface area contributed by atoms with Gasteiger partial charge in [-0.25, -0.2) is 0 Å². The van der Waals surface area contributed by atoms with E-state index in [1.165, 1.54) is 6.07 Å². The zero-order valence-electron chi connectivity index (χ0n) is 10.4. The summed E-state index contributed by atoms with van der Waals surface area (Å²) in [5.41, 5.74) is -0.186. The molecular formula is C12H10N2O6.